The molecule has 5 heteroatoms. The molecule has 0 saturated heterocycles. The minimum Gasteiger partial charge on any atom is -0.497 e. The third-order valence-corrected chi connectivity index (χ3v) is 5.13. The Morgan fingerprint density at radius 1 is 1.11 bits per heavy atom. The molecular formula is C23H25NO4. The molecule has 0 saturated carbocycles. The third-order valence-electron chi connectivity index (χ3n) is 5.13. The van der Waals surface area contributed by atoms with Crippen LogP contribution in [0.4, 0.5) is 0 Å². The first kappa shape index (κ1) is 18.5. The highest BCUT2D eigenvalue weighted by Gasteiger charge is 2.47. The van der Waals surface area contributed by atoms with Crippen LogP contribution in [0.1, 0.15) is 37.8 Å². The van der Waals surface area contributed by atoms with Crippen LogP contribution < -0.4 is 9.47 Å². The Labute approximate surface area is 165 Å². The molecule has 0 aromatic heterocycles. The molecular weight excluding hydrogens is 354 g/mol. The molecule has 3 atom stereocenters. The maximum atomic E-state index is 13.0. The lowest BCUT2D eigenvalue weighted by Crippen LogP contribution is -2.36. The second-order valence-corrected chi connectivity index (χ2v) is 8.21. The summed E-state index contributed by atoms with van der Waals surface area (Å²) in [5.74, 6) is 1.16. The second kappa shape index (κ2) is 6.97. The number of ether oxygens (including phenoxy) is 3. The summed E-state index contributed by atoms with van der Waals surface area (Å²) in [5, 5.41) is 0. The van der Waals surface area contributed by atoms with Gasteiger partial charge in [-0.3, -0.25) is 4.99 Å². The zero-order chi connectivity index (χ0) is 19.9. The van der Waals surface area contributed by atoms with E-state index >= 15 is 0 Å². The number of fused-ring (bicyclic) bond motifs is 3. The molecule has 2 heterocycles. The van der Waals surface area contributed by atoms with Gasteiger partial charge in [0.1, 0.15) is 17.1 Å². The van der Waals surface area contributed by atoms with Gasteiger partial charge >= 0.3 is 5.97 Å². The van der Waals surface area contributed by atoms with Gasteiger partial charge in [-0.15, -0.1) is 0 Å². The van der Waals surface area contributed by atoms with E-state index in [-0.39, 0.29) is 17.8 Å². The van der Waals surface area contributed by atoms with Crippen molar-refractivity contribution >= 4 is 11.7 Å². The molecule has 2 aromatic carbocycles. The van der Waals surface area contributed by atoms with Crippen molar-refractivity contribution in [3.8, 4) is 11.5 Å². The third kappa shape index (κ3) is 3.37. The number of esters is 1. The van der Waals surface area contributed by atoms with E-state index < -0.39 is 11.6 Å². The normalized spacial score (nSPS) is 23.1. The van der Waals surface area contributed by atoms with Gasteiger partial charge in [0, 0.05) is 17.4 Å². The largest absolute Gasteiger partial charge is 0.497 e. The topological polar surface area (TPSA) is 57.1 Å². The molecule has 0 radical (unpaired) electrons. The van der Waals surface area contributed by atoms with Crippen molar-refractivity contribution in [3.63, 3.8) is 0 Å². The van der Waals surface area contributed by atoms with E-state index in [0.29, 0.717) is 6.61 Å². The summed E-state index contributed by atoms with van der Waals surface area (Å²) in [6, 6.07) is 15.1. The summed E-state index contributed by atoms with van der Waals surface area (Å²) in [7, 11) is 1.64. The lowest BCUT2D eigenvalue weighted by atomic mass is 9.79. The number of hydrogen-bond donors (Lipinski definition) is 0. The van der Waals surface area contributed by atoms with Crippen molar-refractivity contribution in [2.24, 2.45) is 10.9 Å². The molecule has 0 aliphatic carbocycles. The van der Waals surface area contributed by atoms with Gasteiger partial charge < -0.3 is 14.2 Å². The predicted molar refractivity (Wildman–Crippen MR) is 107 cm³/mol. The van der Waals surface area contributed by atoms with Gasteiger partial charge in [0.15, 0.2) is 6.04 Å². The summed E-state index contributed by atoms with van der Waals surface area (Å²) < 4.78 is 17.0. The Hall–Kier alpha value is -2.82. The SMILES string of the molecule is COc1ccc([C@@H]2[C@H]3COc4ccccc4C3=N[C@H]2C(=O)OC(C)(C)C)cc1. The Morgan fingerprint density at radius 2 is 1.82 bits per heavy atom. The van der Waals surface area contributed by atoms with Crippen LogP contribution in [0.2, 0.25) is 0 Å². The fourth-order valence-corrected chi connectivity index (χ4v) is 3.95. The first-order valence-electron chi connectivity index (χ1n) is 9.54. The van der Waals surface area contributed by atoms with Crippen LogP contribution in [0.3, 0.4) is 0 Å². The van der Waals surface area contributed by atoms with Gasteiger partial charge in [0.2, 0.25) is 0 Å². The number of hydrogen-bond acceptors (Lipinski definition) is 5. The number of benzene rings is 2. The number of carbonyl (C=O) groups excluding carboxylic acids is 1. The van der Waals surface area contributed by atoms with Crippen LogP contribution >= 0.6 is 0 Å². The second-order valence-electron chi connectivity index (χ2n) is 8.21. The van der Waals surface area contributed by atoms with Gasteiger partial charge in [0.05, 0.1) is 19.4 Å². The zero-order valence-electron chi connectivity index (χ0n) is 16.6. The van der Waals surface area contributed by atoms with Crippen molar-refractivity contribution in [3.05, 3.63) is 59.7 Å². The van der Waals surface area contributed by atoms with E-state index in [1.165, 1.54) is 0 Å². The van der Waals surface area contributed by atoms with E-state index in [4.69, 9.17) is 19.2 Å². The Morgan fingerprint density at radius 3 is 2.50 bits per heavy atom. The fourth-order valence-electron chi connectivity index (χ4n) is 3.95. The minimum absolute atomic E-state index is 0.000753. The maximum absolute atomic E-state index is 13.0. The fraction of sp³-hybridized carbons (Fsp3) is 0.391. The molecule has 0 amide bonds. The van der Waals surface area contributed by atoms with Crippen LogP contribution in [0, 0.1) is 5.92 Å². The van der Waals surface area contributed by atoms with Crippen molar-refractivity contribution in [1.29, 1.82) is 0 Å². The summed E-state index contributed by atoms with van der Waals surface area (Å²) in [6.45, 7) is 6.12. The van der Waals surface area contributed by atoms with Crippen LogP contribution in [-0.4, -0.2) is 37.0 Å². The van der Waals surface area contributed by atoms with Crippen molar-refractivity contribution in [2.45, 2.75) is 38.3 Å². The highest BCUT2D eigenvalue weighted by molar-refractivity contribution is 6.09. The lowest BCUT2D eigenvalue weighted by Gasteiger charge is -2.30. The highest BCUT2D eigenvalue weighted by atomic mass is 16.6. The Balaban J connectivity index is 1.75. The molecule has 28 heavy (non-hydrogen) atoms. The number of rotatable bonds is 3. The van der Waals surface area contributed by atoms with E-state index in [1.54, 1.807) is 7.11 Å². The molecule has 2 aliphatic rings. The van der Waals surface area contributed by atoms with Crippen LogP contribution in [0.15, 0.2) is 53.5 Å². The van der Waals surface area contributed by atoms with Crippen molar-refractivity contribution in [1.82, 2.24) is 0 Å². The summed E-state index contributed by atoms with van der Waals surface area (Å²) >= 11 is 0. The molecule has 5 nitrogen and oxygen atoms in total. The average Bonchev–Trinajstić information content (AvgIpc) is 3.07. The summed E-state index contributed by atoms with van der Waals surface area (Å²) in [5.41, 5.74) is 2.36. The van der Waals surface area contributed by atoms with Gasteiger partial charge in [0.25, 0.3) is 0 Å². The zero-order valence-corrected chi connectivity index (χ0v) is 16.6. The van der Waals surface area contributed by atoms with E-state index in [9.17, 15) is 4.79 Å². The van der Waals surface area contributed by atoms with Crippen molar-refractivity contribution < 1.29 is 19.0 Å². The number of methoxy groups -OCH3 is 1. The number of nitrogens with zero attached hydrogens (tertiary/aromatic N) is 1. The standard InChI is InChI=1S/C23H25NO4/c1-23(2,3)28-22(25)21-19(14-9-11-15(26-4)12-10-14)17-13-27-18-8-6-5-7-16(18)20(17)24-21/h5-12,17,19,21H,13H2,1-4H3/t17-,19-,21-/m1/s1. The maximum Gasteiger partial charge on any atom is 0.332 e. The van der Waals surface area contributed by atoms with Gasteiger partial charge in [-0.25, -0.2) is 4.79 Å². The monoisotopic (exact) mass is 379 g/mol. The predicted octanol–water partition coefficient (Wildman–Crippen LogP) is 4.00. The highest BCUT2D eigenvalue weighted by Crippen LogP contribution is 2.44. The number of carbonyl (C=O) groups is 1. The summed E-state index contributed by atoms with van der Waals surface area (Å²) in [6.07, 6.45) is 0. The molecule has 2 aromatic rings. The quantitative estimate of drug-likeness (QED) is 0.757. The van der Waals surface area contributed by atoms with Gasteiger partial charge in [-0.05, 0) is 50.6 Å². The first-order chi connectivity index (χ1) is 13.4. The minimum atomic E-state index is -0.595. The molecule has 4 rings (SSSR count). The Bertz CT molecular complexity index is 911. The molecule has 0 spiro atoms. The van der Waals surface area contributed by atoms with Gasteiger partial charge in [-0.1, -0.05) is 24.3 Å². The molecule has 0 unspecified atom stereocenters. The number of para-hydroxylation sites is 1. The van der Waals surface area contributed by atoms with Crippen LogP contribution in [0.25, 0.3) is 0 Å². The van der Waals surface area contributed by atoms with E-state index in [0.717, 1.165) is 28.3 Å². The van der Waals surface area contributed by atoms with Crippen LogP contribution in [0.5, 0.6) is 11.5 Å². The molecule has 0 N–H and O–H groups in total. The average molecular weight is 379 g/mol. The van der Waals surface area contributed by atoms with E-state index in [2.05, 4.69) is 0 Å². The van der Waals surface area contributed by atoms with Crippen molar-refractivity contribution in [2.75, 3.05) is 13.7 Å². The molecule has 2 aliphatic heterocycles. The summed E-state index contributed by atoms with van der Waals surface area (Å²) in [4.78, 5) is 17.9. The first-order valence-corrected chi connectivity index (χ1v) is 9.54. The van der Waals surface area contributed by atoms with Gasteiger partial charge in [-0.2, -0.15) is 0 Å². The number of aliphatic imine (C=N–C) groups is 1. The lowest BCUT2D eigenvalue weighted by molar-refractivity contribution is -0.156. The van der Waals surface area contributed by atoms with Crippen LogP contribution in [-0.2, 0) is 9.53 Å². The molecule has 0 fully saturated rings. The Kier molecular flexibility index (Phi) is 4.61. The van der Waals surface area contributed by atoms with E-state index in [1.807, 2.05) is 69.3 Å². The smallest absolute Gasteiger partial charge is 0.332 e. The molecule has 146 valence electrons. The molecule has 0 bridgehead atoms.